The number of unbranched alkanes of at least 4 members (excludes halogenated alkanes) is 1. The molecule has 4 nitrogen and oxygen atoms in total. The van der Waals surface area contributed by atoms with Gasteiger partial charge in [-0.2, -0.15) is 11.8 Å². The van der Waals surface area contributed by atoms with Gasteiger partial charge in [0, 0.05) is 29.5 Å². The smallest absolute Gasteiger partial charge is 0.141 e. The van der Waals surface area contributed by atoms with Crippen LogP contribution >= 0.6 is 11.8 Å². The number of fused-ring (bicyclic) bond motifs is 1. The van der Waals surface area contributed by atoms with Crippen molar-refractivity contribution in [2.24, 2.45) is 0 Å². The molecular weight excluding hydrogens is 366 g/mol. The van der Waals surface area contributed by atoms with Crippen molar-refractivity contribution in [3.05, 3.63) is 59.9 Å². The molecule has 0 aliphatic carbocycles. The SMILES string of the molecule is C#Cc1cccc(Nc2ncnc3ccc(CC(=O)CCCCSC)cc23)c1. The Bertz CT molecular complexity index is 1010. The van der Waals surface area contributed by atoms with Crippen LogP contribution in [0.1, 0.15) is 30.4 Å². The molecule has 0 aliphatic rings. The molecule has 0 saturated heterocycles. The molecule has 142 valence electrons. The van der Waals surface area contributed by atoms with E-state index in [1.165, 1.54) is 6.33 Å². The van der Waals surface area contributed by atoms with Gasteiger partial charge in [0.1, 0.15) is 17.9 Å². The van der Waals surface area contributed by atoms with Crippen LogP contribution in [0.2, 0.25) is 0 Å². The molecule has 2 aromatic carbocycles. The minimum absolute atomic E-state index is 0.272. The number of ketones is 1. The number of aromatic nitrogens is 2. The molecule has 3 aromatic rings. The van der Waals surface area contributed by atoms with Gasteiger partial charge in [-0.15, -0.1) is 6.42 Å². The number of thioether (sulfide) groups is 1. The number of nitrogens with zero attached hydrogens (tertiary/aromatic N) is 2. The number of benzene rings is 2. The highest BCUT2D eigenvalue weighted by molar-refractivity contribution is 7.98. The maximum absolute atomic E-state index is 12.3. The van der Waals surface area contributed by atoms with Crippen LogP contribution in [0.3, 0.4) is 0 Å². The number of rotatable bonds is 9. The van der Waals surface area contributed by atoms with Crippen molar-refractivity contribution >= 4 is 40.0 Å². The second-order valence-electron chi connectivity index (χ2n) is 6.59. The summed E-state index contributed by atoms with van der Waals surface area (Å²) in [5, 5.41) is 4.21. The van der Waals surface area contributed by atoms with Crippen molar-refractivity contribution in [3.8, 4) is 12.3 Å². The Balaban J connectivity index is 1.78. The van der Waals surface area contributed by atoms with E-state index in [4.69, 9.17) is 6.42 Å². The van der Waals surface area contributed by atoms with Crippen LogP contribution in [0.25, 0.3) is 10.9 Å². The lowest BCUT2D eigenvalue weighted by molar-refractivity contribution is -0.118. The molecule has 5 heteroatoms. The van der Waals surface area contributed by atoms with E-state index in [-0.39, 0.29) is 5.78 Å². The molecule has 1 N–H and O–H groups in total. The molecule has 0 atom stereocenters. The van der Waals surface area contributed by atoms with Crippen molar-refractivity contribution in [2.45, 2.75) is 25.7 Å². The quantitative estimate of drug-likeness (QED) is 0.412. The Labute approximate surface area is 170 Å². The van der Waals surface area contributed by atoms with Gasteiger partial charge in [0.05, 0.1) is 5.52 Å². The number of terminal acetylenes is 1. The number of nitrogens with one attached hydrogen (secondary N) is 1. The standard InChI is InChI=1S/C23H23N3OS/c1-3-17-7-6-8-19(13-17)26-23-21-15-18(10-11-22(21)24-16-25-23)14-20(27)9-4-5-12-28-2/h1,6-8,10-11,13,15-16H,4-5,9,12,14H2,2H3,(H,24,25,26). The van der Waals surface area contributed by atoms with Crippen molar-refractivity contribution in [1.29, 1.82) is 0 Å². The maximum atomic E-state index is 12.3. The molecular formula is C23H23N3OS. The molecule has 0 bridgehead atoms. The first-order valence-corrected chi connectivity index (χ1v) is 10.7. The number of Topliss-reactive ketones (excluding diaryl/α,β-unsaturated/α-hetero) is 1. The highest BCUT2D eigenvalue weighted by Crippen LogP contribution is 2.25. The summed E-state index contributed by atoms with van der Waals surface area (Å²) in [7, 11) is 0. The van der Waals surface area contributed by atoms with Crippen LogP contribution < -0.4 is 5.32 Å². The second-order valence-corrected chi connectivity index (χ2v) is 7.57. The van der Waals surface area contributed by atoms with Gasteiger partial charge in [0.15, 0.2) is 0 Å². The minimum Gasteiger partial charge on any atom is -0.340 e. The molecule has 28 heavy (non-hydrogen) atoms. The summed E-state index contributed by atoms with van der Waals surface area (Å²) in [4.78, 5) is 21.0. The van der Waals surface area contributed by atoms with Crippen molar-refractivity contribution in [3.63, 3.8) is 0 Å². The molecule has 0 spiro atoms. The fraction of sp³-hybridized carbons (Fsp3) is 0.261. The number of hydrogen-bond acceptors (Lipinski definition) is 5. The third-order valence-corrected chi connectivity index (χ3v) is 5.14. The summed E-state index contributed by atoms with van der Waals surface area (Å²) in [6.07, 6.45) is 12.2. The average molecular weight is 390 g/mol. The lowest BCUT2D eigenvalue weighted by Crippen LogP contribution is -2.03. The van der Waals surface area contributed by atoms with Crippen molar-refractivity contribution in [1.82, 2.24) is 9.97 Å². The van der Waals surface area contributed by atoms with Crippen molar-refractivity contribution in [2.75, 3.05) is 17.3 Å². The van der Waals surface area contributed by atoms with E-state index < -0.39 is 0 Å². The first kappa shape index (κ1) is 19.9. The number of hydrogen-bond donors (Lipinski definition) is 1. The number of carbonyl (C=O) groups excluding carboxylic acids is 1. The van der Waals surface area contributed by atoms with Gasteiger partial charge in [0.25, 0.3) is 0 Å². The highest BCUT2D eigenvalue weighted by Gasteiger charge is 2.09. The third kappa shape index (κ3) is 5.34. The van der Waals surface area contributed by atoms with E-state index in [1.54, 1.807) is 0 Å². The second kappa shape index (κ2) is 9.91. The van der Waals surface area contributed by atoms with E-state index in [2.05, 4.69) is 27.5 Å². The van der Waals surface area contributed by atoms with Gasteiger partial charge in [-0.05, 0) is 60.7 Å². The summed E-state index contributed by atoms with van der Waals surface area (Å²) in [6.45, 7) is 0. The molecule has 0 fully saturated rings. The Morgan fingerprint density at radius 1 is 1.18 bits per heavy atom. The average Bonchev–Trinajstić information content (AvgIpc) is 2.72. The number of carbonyl (C=O) groups is 1. The maximum Gasteiger partial charge on any atom is 0.141 e. The summed E-state index contributed by atoms with van der Waals surface area (Å²) < 4.78 is 0. The van der Waals surface area contributed by atoms with Gasteiger partial charge in [-0.1, -0.05) is 18.1 Å². The van der Waals surface area contributed by atoms with Crippen LogP contribution in [-0.2, 0) is 11.2 Å². The molecule has 0 amide bonds. The molecule has 0 saturated carbocycles. The van der Waals surface area contributed by atoms with Gasteiger partial charge in [0.2, 0.25) is 0 Å². The van der Waals surface area contributed by atoms with Gasteiger partial charge in [-0.3, -0.25) is 4.79 Å². The van der Waals surface area contributed by atoms with Gasteiger partial charge >= 0.3 is 0 Å². The van der Waals surface area contributed by atoms with Crippen LogP contribution in [0, 0.1) is 12.3 Å². The van der Waals surface area contributed by atoms with Crippen LogP contribution in [0.4, 0.5) is 11.5 Å². The lowest BCUT2D eigenvalue weighted by Gasteiger charge is -2.10. The van der Waals surface area contributed by atoms with E-state index >= 15 is 0 Å². The summed E-state index contributed by atoms with van der Waals surface area (Å²) in [6, 6.07) is 13.5. The Morgan fingerprint density at radius 3 is 2.89 bits per heavy atom. The van der Waals surface area contributed by atoms with Crippen LogP contribution in [0.5, 0.6) is 0 Å². The van der Waals surface area contributed by atoms with E-state index in [0.717, 1.165) is 46.3 Å². The van der Waals surface area contributed by atoms with Crippen LogP contribution in [-0.4, -0.2) is 27.8 Å². The van der Waals surface area contributed by atoms with E-state index in [1.807, 2.05) is 54.2 Å². The molecule has 1 heterocycles. The zero-order chi connectivity index (χ0) is 19.8. The zero-order valence-electron chi connectivity index (χ0n) is 15.9. The summed E-state index contributed by atoms with van der Waals surface area (Å²) >= 11 is 1.82. The topological polar surface area (TPSA) is 54.9 Å². The number of anilines is 2. The first-order valence-electron chi connectivity index (χ1n) is 9.27. The highest BCUT2D eigenvalue weighted by atomic mass is 32.2. The lowest BCUT2D eigenvalue weighted by atomic mass is 10.0. The van der Waals surface area contributed by atoms with Crippen LogP contribution in [0.15, 0.2) is 48.8 Å². The fourth-order valence-corrected chi connectivity index (χ4v) is 3.51. The molecule has 0 unspecified atom stereocenters. The van der Waals surface area contributed by atoms with E-state index in [0.29, 0.717) is 18.7 Å². The monoisotopic (exact) mass is 389 g/mol. The Morgan fingerprint density at radius 2 is 2.07 bits per heavy atom. The summed E-state index contributed by atoms with van der Waals surface area (Å²) in [5.74, 6) is 4.72. The summed E-state index contributed by atoms with van der Waals surface area (Å²) in [5.41, 5.74) is 3.49. The van der Waals surface area contributed by atoms with Gasteiger partial charge in [-0.25, -0.2) is 9.97 Å². The third-order valence-electron chi connectivity index (χ3n) is 4.45. The minimum atomic E-state index is 0.272. The molecule has 1 aromatic heterocycles. The van der Waals surface area contributed by atoms with Gasteiger partial charge < -0.3 is 5.32 Å². The fourth-order valence-electron chi connectivity index (χ4n) is 3.02. The molecule has 3 rings (SSSR count). The Kier molecular flexibility index (Phi) is 7.05. The first-order chi connectivity index (χ1) is 13.7. The predicted molar refractivity (Wildman–Crippen MR) is 118 cm³/mol. The predicted octanol–water partition coefficient (Wildman–Crippen LogP) is 5.00. The molecule has 0 aliphatic heterocycles. The largest absolute Gasteiger partial charge is 0.340 e. The zero-order valence-corrected chi connectivity index (χ0v) is 16.8. The normalized spacial score (nSPS) is 10.6. The van der Waals surface area contributed by atoms with Crippen molar-refractivity contribution < 1.29 is 4.79 Å². The Hall–Kier alpha value is -2.84. The molecule has 0 radical (unpaired) electrons. The van der Waals surface area contributed by atoms with E-state index in [9.17, 15) is 4.79 Å².